The van der Waals surface area contributed by atoms with E-state index in [0.717, 1.165) is 29.6 Å². The smallest absolute Gasteiger partial charge is 0.105 e. The predicted molar refractivity (Wildman–Crippen MR) is 77.7 cm³/mol. The van der Waals surface area contributed by atoms with Gasteiger partial charge in [-0.2, -0.15) is 0 Å². The normalized spacial score (nSPS) is 16.6. The lowest BCUT2D eigenvalue weighted by Gasteiger charge is -2.13. The van der Waals surface area contributed by atoms with Crippen LogP contribution >= 0.6 is 23.8 Å². The van der Waals surface area contributed by atoms with Crippen molar-refractivity contribution in [3.8, 4) is 0 Å². The van der Waals surface area contributed by atoms with E-state index in [9.17, 15) is 0 Å². The summed E-state index contributed by atoms with van der Waals surface area (Å²) in [5, 5.41) is 4.02. The molecule has 17 heavy (non-hydrogen) atoms. The summed E-state index contributed by atoms with van der Waals surface area (Å²) in [5.74, 6) is 1.64. The molecule has 1 aliphatic rings. The van der Waals surface area contributed by atoms with Gasteiger partial charge in [-0.15, -0.1) is 0 Å². The zero-order valence-corrected chi connectivity index (χ0v) is 11.4. The highest BCUT2D eigenvalue weighted by atomic mass is 35.5. The average molecular weight is 269 g/mol. The molecule has 4 heteroatoms. The Kier molecular flexibility index (Phi) is 3.89. The summed E-state index contributed by atoms with van der Waals surface area (Å²) >= 11 is 11.0. The van der Waals surface area contributed by atoms with E-state index in [0.29, 0.717) is 10.0 Å². The average Bonchev–Trinajstić information content (AvgIpc) is 3.09. The number of nitrogens with one attached hydrogen (secondary N) is 1. The zero-order chi connectivity index (χ0) is 12.4. The van der Waals surface area contributed by atoms with Gasteiger partial charge in [0.2, 0.25) is 0 Å². The largest absolute Gasteiger partial charge is 0.389 e. The number of thiocarbonyl (C=S) groups is 1. The number of benzene rings is 1. The van der Waals surface area contributed by atoms with E-state index in [1.807, 2.05) is 18.2 Å². The van der Waals surface area contributed by atoms with Gasteiger partial charge in [-0.3, -0.25) is 0 Å². The van der Waals surface area contributed by atoms with E-state index in [1.165, 1.54) is 12.8 Å². The molecule has 92 valence electrons. The standard InChI is InChI=1S/C13H17ClN2S/c1-8(9-2-3-9)7-16-10-4-5-11(13(15)17)12(14)6-10/h4-6,8-9,16H,2-3,7H2,1H3,(H2,15,17). The first-order chi connectivity index (χ1) is 8.08. The van der Waals surface area contributed by atoms with Gasteiger partial charge in [-0.05, 0) is 42.9 Å². The molecule has 1 aromatic rings. The maximum Gasteiger partial charge on any atom is 0.105 e. The van der Waals surface area contributed by atoms with Gasteiger partial charge in [0.1, 0.15) is 4.99 Å². The molecule has 2 rings (SSSR count). The Balaban J connectivity index is 1.97. The van der Waals surface area contributed by atoms with Gasteiger partial charge < -0.3 is 11.1 Å². The van der Waals surface area contributed by atoms with Crippen molar-refractivity contribution in [3.63, 3.8) is 0 Å². The summed E-state index contributed by atoms with van der Waals surface area (Å²) in [5.41, 5.74) is 7.33. The maximum absolute atomic E-state index is 6.11. The topological polar surface area (TPSA) is 38.0 Å². The molecule has 0 heterocycles. The number of hydrogen-bond acceptors (Lipinski definition) is 2. The number of anilines is 1. The van der Waals surface area contributed by atoms with Crippen LogP contribution in [0.4, 0.5) is 5.69 Å². The minimum absolute atomic E-state index is 0.341. The fraction of sp³-hybridized carbons (Fsp3) is 0.462. The molecular formula is C13H17ClN2S. The van der Waals surface area contributed by atoms with E-state index >= 15 is 0 Å². The van der Waals surface area contributed by atoms with Gasteiger partial charge in [0.05, 0.1) is 5.02 Å². The van der Waals surface area contributed by atoms with Gasteiger partial charge in [0, 0.05) is 17.8 Å². The molecule has 1 unspecified atom stereocenters. The van der Waals surface area contributed by atoms with E-state index in [4.69, 9.17) is 29.6 Å². The first kappa shape index (κ1) is 12.7. The van der Waals surface area contributed by atoms with Crippen molar-refractivity contribution in [1.82, 2.24) is 0 Å². The van der Waals surface area contributed by atoms with Crippen LogP contribution in [0.15, 0.2) is 18.2 Å². The number of hydrogen-bond donors (Lipinski definition) is 2. The van der Waals surface area contributed by atoms with E-state index in [-0.39, 0.29) is 0 Å². The van der Waals surface area contributed by atoms with Crippen molar-refractivity contribution >= 4 is 34.5 Å². The Bertz CT molecular complexity index is 429. The van der Waals surface area contributed by atoms with E-state index in [1.54, 1.807) is 0 Å². The second-order valence-electron chi connectivity index (χ2n) is 4.75. The van der Waals surface area contributed by atoms with Crippen molar-refractivity contribution in [2.24, 2.45) is 17.6 Å². The Hall–Kier alpha value is -0.800. The zero-order valence-electron chi connectivity index (χ0n) is 9.87. The van der Waals surface area contributed by atoms with Crippen LogP contribution in [0, 0.1) is 11.8 Å². The van der Waals surface area contributed by atoms with Crippen molar-refractivity contribution in [2.45, 2.75) is 19.8 Å². The lowest BCUT2D eigenvalue weighted by molar-refractivity contribution is 0.536. The fourth-order valence-electron chi connectivity index (χ4n) is 1.94. The monoisotopic (exact) mass is 268 g/mol. The van der Waals surface area contributed by atoms with Crippen LogP contribution in [0.2, 0.25) is 5.02 Å². The summed E-state index contributed by atoms with van der Waals surface area (Å²) < 4.78 is 0. The van der Waals surface area contributed by atoms with Crippen LogP contribution in [0.3, 0.4) is 0 Å². The number of halogens is 1. The number of rotatable bonds is 5. The van der Waals surface area contributed by atoms with Crippen LogP contribution in [0.5, 0.6) is 0 Å². The molecule has 0 spiro atoms. The maximum atomic E-state index is 6.11. The summed E-state index contributed by atoms with van der Waals surface area (Å²) in [7, 11) is 0. The van der Waals surface area contributed by atoms with Crippen LogP contribution in [0.25, 0.3) is 0 Å². The molecule has 1 fully saturated rings. The molecule has 3 N–H and O–H groups in total. The highest BCUT2D eigenvalue weighted by Crippen LogP contribution is 2.36. The molecule has 0 radical (unpaired) electrons. The molecule has 0 saturated heterocycles. The van der Waals surface area contributed by atoms with Crippen LogP contribution < -0.4 is 11.1 Å². The summed E-state index contributed by atoms with van der Waals surface area (Å²) in [6, 6.07) is 5.73. The highest BCUT2D eigenvalue weighted by molar-refractivity contribution is 7.80. The van der Waals surface area contributed by atoms with Gasteiger partial charge >= 0.3 is 0 Å². The lowest BCUT2D eigenvalue weighted by Crippen LogP contribution is -2.14. The summed E-state index contributed by atoms with van der Waals surface area (Å²) in [4.78, 5) is 0.341. The third-order valence-corrected chi connectivity index (χ3v) is 3.82. The van der Waals surface area contributed by atoms with E-state index in [2.05, 4.69) is 12.2 Å². The lowest BCUT2D eigenvalue weighted by atomic mass is 10.1. The molecule has 0 aliphatic heterocycles. The Morgan fingerprint density at radius 2 is 2.29 bits per heavy atom. The molecule has 1 atom stereocenters. The predicted octanol–water partition coefficient (Wildman–Crippen LogP) is 3.43. The van der Waals surface area contributed by atoms with Crippen molar-refractivity contribution in [1.29, 1.82) is 0 Å². The second kappa shape index (κ2) is 5.23. The molecule has 1 aliphatic carbocycles. The first-order valence-corrected chi connectivity index (χ1v) is 6.70. The molecule has 1 saturated carbocycles. The quantitative estimate of drug-likeness (QED) is 0.804. The van der Waals surface area contributed by atoms with Crippen LogP contribution in [-0.2, 0) is 0 Å². The Morgan fingerprint density at radius 1 is 1.59 bits per heavy atom. The first-order valence-electron chi connectivity index (χ1n) is 5.91. The minimum Gasteiger partial charge on any atom is -0.389 e. The Labute approximate surface area is 113 Å². The van der Waals surface area contributed by atoms with Crippen molar-refractivity contribution < 1.29 is 0 Å². The Morgan fingerprint density at radius 3 is 2.82 bits per heavy atom. The van der Waals surface area contributed by atoms with Crippen LogP contribution in [-0.4, -0.2) is 11.5 Å². The fourth-order valence-corrected chi connectivity index (χ4v) is 2.45. The summed E-state index contributed by atoms with van der Waals surface area (Å²) in [6.07, 6.45) is 2.76. The third-order valence-electron chi connectivity index (χ3n) is 3.29. The molecular weight excluding hydrogens is 252 g/mol. The van der Waals surface area contributed by atoms with Crippen molar-refractivity contribution in [2.75, 3.05) is 11.9 Å². The van der Waals surface area contributed by atoms with Crippen molar-refractivity contribution in [3.05, 3.63) is 28.8 Å². The van der Waals surface area contributed by atoms with Gasteiger partial charge in [0.25, 0.3) is 0 Å². The SMILES string of the molecule is CC(CNc1ccc(C(N)=S)c(Cl)c1)C1CC1. The molecule has 0 aromatic heterocycles. The molecule has 1 aromatic carbocycles. The van der Waals surface area contributed by atoms with Gasteiger partial charge in [-0.1, -0.05) is 30.7 Å². The molecule has 0 bridgehead atoms. The second-order valence-corrected chi connectivity index (χ2v) is 5.60. The third kappa shape index (κ3) is 3.33. The van der Waals surface area contributed by atoms with Gasteiger partial charge in [-0.25, -0.2) is 0 Å². The van der Waals surface area contributed by atoms with Gasteiger partial charge in [0.15, 0.2) is 0 Å². The molecule has 0 amide bonds. The van der Waals surface area contributed by atoms with E-state index < -0.39 is 0 Å². The summed E-state index contributed by atoms with van der Waals surface area (Å²) in [6.45, 7) is 3.28. The molecule has 2 nitrogen and oxygen atoms in total. The number of nitrogens with two attached hydrogens (primary N) is 1. The minimum atomic E-state index is 0.341. The highest BCUT2D eigenvalue weighted by Gasteiger charge is 2.27. The van der Waals surface area contributed by atoms with Crippen LogP contribution in [0.1, 0.15) is 25.3 Å².